The van der Waals surface area contributed by atoms with E-state index in [4.69, 9.17) is 13.9 Å². The molecule has 0 saturated heterocycles. The second-order valence-electron chi connectivity index (χ2n) is 22.7. The normalized spacial score (nSPS) is 14.8. The second kappa shape index (κ2) is 15.0. The molecule has 0 radical (unpaired) electrons. The molecule has 4 heteroatoms. The van der Waals surface area contributed by atoms with E-state index < -0.39 is 10.8 Å². The second-order valence-corrected chi connectivity index (χ2v) is 22.7. The summed E-state index contributed by atoms with van der Waals surface area (Å²) in [7, 11) is 0. The zero-order valence-electron chi connectivity index (χ0n) is 42.4. The van der Waals surface area contributed by atoms with Crippen molar-refractivity contribution in [3.05, 3.63) is 268 Å². The Morgan fingerprint density at radius 3 is 1.49 bits per heavy atom. The highest BCUT2D eigenvalue weighted by Crippen LogP contribution is 2.66. The van der Waals surface area contributed by atoms with Crippen molar-refractivity contribution in [2.45, 2.75) is 63.2 Å². The fraction of sp³-hybridized carbons (Fsp3) is 0.143. The zero-order valence-corrected chi connectivity index (χ0v) is 42.4. The van der Waals surface area contributed by atoms with E-state index in [9.17, 15) is 0 Å². The van der Waals surface area contributed by atoms with Gasteiger partial charge in [0, 0.05) is 38.7 Å². The van der Waals surface area contributed by atoms with Crippen LogP contribution >= 0.6 is 0 Å². The van der Waals surface area contributed by atoms with Crippen LogP contribution in [-0.2, 0) is 21.7 Å². The lowest BCUT2D eigenvalue weighted by atomic mass is 9.64. The molecule has 356 valence electrons. The summed E-state index contributed by atoms with van der Waals surface area (Å²) in [5, 5.41) is 2.12. The van der Waals surface area contributed by atoms with Crippen LogP contribution in [-0.4, -0.2) is 0 Å². The summed E-state index contributed by atoms with van der Waals surface area (Å²) >= 11 is 0. The summed E-state index contributed by atoms with van der Waals surface area (Å²) in [6.07, 6.45) is 0. The number of para-hydroxylation sites is 5. The Morgan fingerprint density at radius 2 is 0.838 bits per heavy atom. The van der Waals surface area contributed by atoms with Crippen LogP contribution in [0.1, 0.15) is 97.2 Å². The maximum Gasteiger partial charge on any atom is 0.159 e. The number of hydrogen-bond acceptors (Lipinski definition) is 4. The number of anilines is 3. The van der Waals surface area contributed by atoms with E-state index in [2.05, 4.69) is 253 Å². The van der Waals surface area contributed by atoms with Crippen molar-refractivity contribution >= 4 is 39.0 Å². The van der Waals surface area contributed by atoms with Crippen molar-refractivity contribution < 1.29 is 13.9 Å². The first-order valence-electron chi connectivity index (χ1n) is 26.0. The number of nitrogens with zero attached hydrogens (tertiary/aromatic N) is 1. The van der Waals surface area contributed by atoms with Gasteiger partial charge in [0.1, 0.15) is 22.8 Å². The van der Waals surface area contributed by atoms with Gasteiger partial charge in [0.15, 0.2) is 11.3 Å². The van der Waals surface area contributed by atoms with Gasteiger partial charge in [0.05, 0.1) is 22.2 Å². The standard InChI is InChI=1S/C70H53NO3/c1-67(2,3)42-33-36-47-48-37-34-43(68(4,5)6)40-57(48)70(56(47)39-42)54-26-13-16-32-63(54)74-66-55(70)27-18-29-60(66)71(59-28-17-22-50-49-21-9-14-30-61(49)73-65(50)59)44-35-38-64-58(41-44)69(53-25-12-15-31-62(53)72-64)51-23-10-7-19-45(51)46-20-8-11-24-52(46)69/h7-41H,1-6H3. The SMILES string of the molecule is CC(C)(C)c1ccc2c(c1)C1(c3ccccc3Oc3c(N(c4ccc5c(c4)C4(c6ccccc6O5)c5ccccc5-c5ccccc54)c4cccc5c4oc4ccccc45)cccc31)c1cc(C(C)(C)C)ccc1-2. The third-order valence-electron chi connectivity index (χ3n) is 16.7. The smallest absolute Gasteiger partial charge is 0.159 e. The topological polar surface area (TPSA) is 34.8 Å². The lowest BCUT2D eigenvalue weighted by molar-refractivity contribution is 0.436. The van der Waals surface area contributed by atoms with E-state index >= 15 is 0 Å². The molecule has 4 aliphatic rings. The molecule has 15 rings (SSSR count). The molecule has 0 unspecified atom stereocenters. The molecular weight excluding hydrogens is 903 g/mol. The number of rotatable bonds is 3. The van der Waals surface area contributed by atoms with Gasteiger partial charge in [-0.05, 0) is 115 Å². The van der Waals surface area contributed by atoms with E-state index in [1.165, 1.54) is 55.6 Å². The van der Waals surface area contributed by atoms with Gasteiger partial charge >= 0.3 is 0 Å². The summed E-state index contributed by atoms with van der Waals surface area (Å²) in [6.45, 7) is 13.9. The molecule has 0 amide bonds. The summed E-state index contributed by atoms with van der Waals surface area (Å²) < 4.78 is 21.6. The van der Waals surface area contributed by atoms with Crippen molar-refractivity contribution in [1.29, 1.82) is 0 Å². The first-order chi connectivity index (χ1) is 36.0. The summed E-state index contributed by atoms with van der Waals surface area (Å²) in [5.74, 6) is 3.32. The molecule has 0 bridgehead atoms. The molecule has 4 nitrogen and oxygen atoms in total. The summed E-state index contributed by atoms with van der Waals surface area (Å²) in [6, 6.07) is 78.0. The minimum atomic E-state index is -0.723. The van der Waals surface area contributed by atoms with Gasteiger partial charge in [-0.3, -0.25) is 0 Å². The summed E-state index contributed by atoms with van der Waals surface area (Å²) in [5.41, 5.74) is 19.8. The van der Waals surface area contributed by atoms with Crippen LogP contribution in [0.15, 0.2) is 217 Å². The van der Waals surface area contributed by atoms with Crippen LogP contribution < -0.4 is 14.4 Å². The van der Waals surface area contributed by atoms with Crippen molar-refractivity contribution in [2.24, 2.45) is 0 Å². The van der Waals surface area contributed by atoms with E-state index in [1.807, 2.05) is 6.07 Å². The highest BCUT2D eigenvalue weighted by atomic mass is 16.5. The van der Waals surface area contributed by atoms with Crippen LogP contribution in [0.4, 0.5) is 17.1 Å². The molecule has 0 saturated carbocycles. The third-order valence-corrected chi connectivity index (χ3v) is 16.7. The van der Waals surface area contributed by atoms with Crippen molar-refractivity contribution in [3.63, 3.8) is 0 Å². The van der Waals surface area contributed by atoms with Gasteiger partial charge in [-0.2, -0.15) is 0 Å². The van der Waals surface area contributed by atoms with Crippen molar-refractivity contribution in [3.8, 4) is 45.3 Å². The molecular formula is C70H53NO3. The number of hydrogen-bond donors (Lipinski definition) is 0. The maximum atomic E-state index is 7.56. The first kappa shape index (κ1) is 43.0. The highest BCUT2D eigenvalue weighted by Gasteiger charge is 2.54. The largest absolute Gasteiger partial charge is 0.457 e. The van der Waals surface area contributed by atoms with Crippen LogP contribution in [0.2, 0.25) is 0 Å². The zero-order chi connectivity index (χ0) is 49.9. The number of benzene rings is 10. The van der Waals surface area contributed by atoms with E-state index in [1.54, 1.807) is 0 Å². The van der Waals surface area contributed by atoms with Crippen LogP contribution in [0.5, 0.6) is 23.0 Å². The average molecular weight is 956 g/mol. The Bertz CT molecular complexity index is 4090. The fourth-order valence-corrected chi connectivity index (χ4v) is 13.4. The molecule has 11 aromatic rings. The first-order valence-corrected chi connectivity index (χ1v) is 26.0. The Hall–Kier alpha value is -8.60. The van der Waals surface area contributed by atoms with Gasteiger partial charge in [0.2, 0.25) is 0 Å². The lowest BCUT2D eigenvalue weighted by Gasteiger charge is -2.42. The Labute approximate surface area is 432 Å². The summed E-state index contributed by atoms with van der Waals surface area (Å²) in [4.78, 5) is 2.39. The van der Waals surface area contributed by atoms with Gasteiger partial charge in [-0.1, -0.05) is 205 Å². The number of ether oxygens (including phenoxy) is 2. The van der Waals surface area contributed by atoms with E-state index in [0.717, 1.165) is 84.3 Å². The maximum absolute atomic E-state index is 7.56. The number of furan rings is 1. The molecule has 2 aliphatic heterocycles. The van der Waals surface area contributed by atoms with Crippen molar-refractivity contribution in [1.82, 2.24) is 0 Å². The van der Waals surface area contributed by atoms with Crippen LogP contribution in [0.3, 0.4) is 0 Å². The molecule has 1 aromatic heterocycles. The molecule has 2 aliphatic carbocycles. The Balaban J connectivity index is 1.06. The average Bonchev–Trinajstić information content (AvgIpc) is 4.14. The molecule has 0 fully saturated rings. The predicted octanol–water partition coefficient (Wildman–Crippen LogP) is 18.6. The van der Waals surface area contributed by atoms with E-state index in [-0.39, 0.29) is 10.8 Å². The van der Waals surface area contributed by atoms with Gasteiger partial charge in [-0.15, -0.1) is 0 Å². The Kier molecular flexibility index (Phi) is 8.72. The van der Waals surface area contributed by atoms with Crippen LogP contribution in [0.25, 0.3) is 44.2 Å². The van der Waals surface area contributed by atoms with Gasteiger partial charge < -0.3 is 18.8 Å². The third kappa shape index (κ3) is 5.63. The predicted molar refractivity (Wildman–Crippen MR) is 301 cm³/mol. The minimum absolute atomic E-state index is 0.0899. The molecule has 10 aromatic carbocycles. The fourth-order valence-electron chi connectivity index (χ4n) is 13.4. The van der Waals surface area contributed by atoms with Crippen LogP contribution in [0, 0.1) is 0 Å². The monoisotopic (exact) mass is 955 g/mol. The quantitative estimate of drug-likeness (QED) is 0.177. The highest BCUT2D eigenvalue weighted by molar-refractivity contribution is 6.10. The molecule has 0 N–H and O–H groups in total. The molecule has 3 heterocycles. The van der Waals surface area contributed by atoms with Gasteiger partial charge in [-0.25, -0.2) is 0 Å². The lowest BCUT2D eigenvalue weighted by Crippen LogP contribution is -2.33. The van der Waals surface area contributed by atoms with E-state index in [0.29, 0.717) is 0 Å². The molecule has 2 spiro atoms. The Morgan fingerprint density at radius 1 is 0.351 bits per heavy atom. The molecule has 74 heavy (non-hydrogen) atoms. The van der Waals surface area contributed by atoms with Crippen molar-refractivity contribution in [2.75, 3.05) is 4.90 Å². The molecule has 0 atom stereocenters. The number of fused-ring (bicyclic) bond motifs is 21. The minimum Gasteiger partial charge on any atom is -0.457 e. The van der Waals surface area contributed by atoms with Gasteiger partial charge in [0.25, 0.3) is 0 Å².